The third-order valence-electron chi connectivity index (χ3n) is 3.66. The summed E-state index contributed by atoms with van der Waals surface area (Å²) in [5, 5.41) is 2.69. The van der Waals surface area contributed by atoms with Crippen molar-refractivity contribution in [2.75, 3.05) is 18.4 Å². The van der Waals surface area contributed by atoms with Crippen molar-refractivity contribution >= 4 is 21.6 Å². The Morgan fingerprint density at radius 1 is 1.27 bits per heavy atom. The summed E-state index contributed by atoms with van der Waals surface area (Å²) >= 11 is 0. The minimum absolute atomic E-state index is 0.180. The zero-order valence-corrected chi connectivity index (χ0v) is 14.6. The second kappa shape index (κ2) is 7.21. The monoisotopic (exact) mass is 327 g/mol. The number of nitrogens with two attached hydrogens (primary N) is 1. The predicted molar refractivity (Wildman–Crippen MR) is 88.3 cm³/mol. The van der Waals surface area contributed by atoms with Gasteiger partial charge in [0.1, 0.15) is 0 Å². The summed E-state index contributed by atoms with van der Waals surface area (Å²) in [6, 6.07) is 2.46. The molecule has 1 aromatic rings. The molecular weight excluding hydrogens is 302 g/mol. The fraction of sp³-hybridized carbons (Fsp3) is 0.533. The number of hydrogen-bond donors (Lipinski definition) is 2. The highest BCUT2D eigenvalue weighted by Gasteiger charge is 2.23. The Balaban J connectivity index is 3.35. The summed E-state index contributed by atoms with van der Waals surface area (Å²) in [7, 11) is -3.57. The van der Waals surface area contributed by atoms with Crippen molar-refractivity contribution in [3.8, 4) is 0 Å². The SMILES string of the molecule is CCN(CC)S(=O)(=O)c1cc(C)c(C)c(NC(=O)[C@H](C)N)c1. The topological polar surface area (TPSA) is 92.5 Å². The van der Waals surface area contributed by atoms with Crippen LogP contribution in [-0.4, -0.2) is 37.8 Å². The fourth-order valence-electron chi connectivity index (χ4n) is 2.06. The molecule has 0 aromatic heterocycles. The summed E-state index contributed by atoms with van der Waals surface area (Å²) in [5.74, 6) is -0.347. The Morgan fingerprint density at radius 3 is 2.27 bits per heavy atom. The van der Waals surface area contributed by atoms with Gasteiger partial charge in [-0.1, -0.05) is 13.8 Å². The van der Waals surface area contributed by atoms with Gasteiger partial charge in [-0.05, 0) is 44.0 Å². The van der Waals surface area contributed by atoms with Crippen molar-refractivity contribution in [2.45, 2.75) is 45.6 Å². The normalized spacial score (nSPS) is 13.2. The summed E-state index contributed by atoms with van der Waals surface area (Å²) < 4.78 is 26.6. The van der Waals surface area contributed by atoms with E-state index in [1.165, 1.54) is 10.4 Å². The van der Waals surface area contributed by atoms with Gasteiger partial charge in [0.25, 0.3) is 0 Å². The fourth-order valence-corrected chi connectivity index (χ4v) is 3.63. The van der Waals surface area contributed by atoms with Crippen LogP contribution in [0, 0.1) is 13.8 Å². The van der Waals surface area contributed by atoms with Crippen molar-refractivity contribution in [1.29, 1.82) is 0 Å². The molecular formula is C15H25N3O3S. The van der Waals surface area contributed by atoms with E-state index in [4.69, 9.17) is 5.73 Å². The second-order valence-electron chi connectivity index (χ2n) is 5.28. The number of hydrogen-bond acceptors (Lipinski definition) is 4. The van der Waals surface area contributed by atoms with Crippen LogP contribution < -0.4 is 11.1 Å². The number of carbonyl (C=O) groups excluding carboxylic acids is 1. The van der Waals surface area contributed by atoms with E-state index < -0.39 is 16.1 Å². The average molecular weight is 327 g/mol. The van der Waals surface area contributed by atoms with Crippen molar-refractivity contribution in [1.82, 2.24) is 4.31 Å². The Morgan fingerprint density at radius 2 is 1.82 bits per heavy atom. The molecule has 0 aliphatic carbocycles. The summed E-state index contributed by atoms with van der Waals surface area (Å²) in [4.78, 5) is 12.0. The molecule has 0 bridgehead atoms. The van der Waals surface area contributed by atoms with Gasteiger partial charge in [0.05, 0.1) is 10.9 Å². The summed E-state index contributed by atoms with van der Waals surface area (Å²) in [5.41, 5.74) is 7.65. The number of anilines is 1. The van der Waals surface area contributed by atoms with Gasteiger partial charge >= 0.3 is 0 Å². The van der Waals surface area contributed by atoms with Crippen molar-refractivity contribution in [3.05, 3.63) is 23.3 Å². The van der Waals surface area contributed by atoms with Gasteiger partial charge in [-0.25, -0.2) is 8.42 Å². The van der Waals surface area contributed by atoms with Gasteiger partial charge < -0.3 is 11.1 Å². The first-order valence-corrected chi connectivity index (χ1v) is 8.76. The minimum Gasteiger partial charge on any atom is -0.324 e. The number of benzene rings is 1. The van der Waals surface area contributed by atoms with Crippen LogP contribution >= 0.6 is 0 Å². The van der Waals surface area contributed by atoms with E-state index in [0.29, 0.717) is 18.8 Å². The molecule has 0 aliphatic heterocycles. The summed E-state index contributed by atoms with van der Waals surface area (Å²) in [6.07, 6.45) is 0. The van der Waals surface area contributed by atoms with Crippen molar-refractivity contribution < 1.29 is 13.2 Å². The first kappa shape index (κ1) is 18.6. The first-order valence-electron chi connectivity index (χ1n) is 7.32. The number of sulfonamides is 1. The van der Waals surface area contributed by atoms with Crippen LogP contribution in [0.3, 0.4) is 0 Å². The standard InChI is InChI=1S/C15H25N3O3S/c1-6-18(7-2)22(20,21)13-8-10(3)11(4)14(9-13)17-15(19)12(5)16/h8-9,12H,6-7,16H2,1-5H3,(H,17,19)/t12-/m0/s1. The zero-order valence-electron chi connectivity index (χ0n) is 13.8. The maximum Gasteiger partial charge on any atom is 0.243 e. The van der Waals surface area contributed by atoms with Gasteiger partial charge in [0.15, 0.2) is 0 Å². The Kier molecular flexibility index (Phi) is 6.10. The molecule has 0 saturated carbocycles. The highest BCUT2D eigenvalue weighted by Crippen LogP contribution is 2.26. The molecule has 0 fully saturated rings. The molecule has 3 N–H and O–H groups in total. The highest BCUT2D eigenvalue weighted by molar-refractivity contribution is 7.89. The largest absolute Gasteiger partial charge is 0.324 e. The van der Waals surface area contributed by atoms with Gasteiger partial charge in [-0.3, -0.25) is 4.79 Å². The van der Waals surface area contributed by atoms with E-state index in [1.807, 2.05) is 13.8 Å². The molecule has 22 heavy (non-hydrogen) atoms. The molecule has 1 atom stereocenters. The quantitative estimate of drug-likeness (QED) is 0.830. The van der Waals surface area contributed by atoms with Crippen LogP contribution in [0.4, 0.5) is 5.69 Å². The summed E-state index contributed by atoms with van der Waals surface area (Å²) in [6.45, 7) is 9.61. The number of nitrogens with zero attached hydrogens (tertiary/aromatic N) is 1. The Labute approximate surface area is 132 Å². The molecule has 0 aliphatic rings. The smallest absolute Gasteiger partial charge is 0.243 e. The van der Waals surface area contributed by atoms with Gasteiger partial charge in [0.2, 0.25) is 15.9 Å². The highest BCUT2D eigenvalue weighted by atomic mass is 32.2. The van der Waals surface area contributed by atoms with E-state index >= 15 is 0 Å². The number of carbonyl (C=O) groups is 1. The lowest BCUT2D eigenvalue weighted by atomic mass is 10.1. The molecule has 0 heterocycles. The lowest BCUT2D eigenvalue weighted by Gasteiger charge is -2.20. The molecule has 0 spiro atoms. The van der Waals surface area contributed by atoms with Crippen LogP contribution in [0.25, 0.3) is 0 Å². The van der Waals surface area contributed by atoms with E-state index in [-0.39, 0.29) is 10.8 Å². The van der Waals surface area contributed by atoms with Crippen LogP contribution in [0.2, 0.25) is 0 Å². The van der Waals surface area contributed by atoms with E-state index in [0.717, 1.165) is 11.1 Å². The van der Waals surface area contributed by atoms with E-state index in [1.54, 1.807) is 26.8 Å². The first-order chi connectivity index (χ1) is 10.1. The third kappa shape index (κ3) is 3.85. The lowest BCUT2D eigenvalue weighted by Crippen LogP contribution is -2.33. The molecule has 1 aromatic carbocycles. The molecule has 6 nitrogen and oxygen atoms in total. The zero-order chi connectivity index (χ0) is 17.1. The maximum atomic E-state index is 12.6. The van der Waals surface area contributed by atoms with E-state index in [9.17, 15) is 13.2 Å². The lowest BCUT2D eigenvalue weighted by molar-refractivity contribution is -0.117. The molecule has 7 heteroatoms. The number of rotatable bonds is 6. The average Bonchev–Trinajstić information content (AvgIpc) is 2.44. The molecule has 0 radical (unpaired) electrons. The Bertz CT molecular complexity index is 650. The molecule has 0 saturated heterocycles. The van der Waals surface area contributed by atoms with Gasteiger partial charge in [0, 0.05) is 18.8 Å². The number of aryl methyl sites for hydroxylation is 1. The number of amides is 1. The maximum absolute atomic E-state index is 12.6. The molecule has 1 amide bonds. The Hall–Kier alpha value is -1.44. The minimum atomic E-state index is -3.57. The van der Waals surface area contributed by atoms with Crippen LogP contribution in [0.15, 0.2) is 17.0 Å². The van der Waals surface area contributed by atoms with Gasteiger partial charge in [-0.2, -0.15) is 4.31 Å². The second-order valence-corrected chi connectivity index (χ2v) is 7.22. The third-order valence-corrected chi connectivity index (χ3v) is 5.68. The van der Waals surface area contributed by atoms with Crippen LogP contribution in [0.1, 0.15) is 31.9 Å². The van der Waals surface area contributed by atoms with Crippen molar-refractivity contribution in [2.24, 2.45) is 5.73 Å². The molecule has 0 unspecified atom stereocenters. The predicted octanol–water partition coefficient (Wildman–Crippen LogP) is 1.62. The molecule has 124 valence electrons. The van der Waals surface area contributed by atoms with Gasteiger partial charge in [-0.15, -0.1) is 0 Å². The van der Waals surface area contributed by atoms with Crippen LogP contribution in [-0.2, 0) is 14.8 Å². The van der Waals surface area contributed by atoms with Crippen LogP contribution in [0.5, 0.6) is 0 Å². The number of nitrogens with one attached hydrogen (secondary N) is 1. The molecule has 1 rings (SSSR count). The van der Waals surface area contributed by atoms with E-state index in [2.05, 4.69) is 5.32 Å². The van der Waals surface area contributed by atoms with Crippen molar-refractivity contribution in [3.63, 3.8) is 0 Å².